The quantitative estimate of drug-likeness (QED) is 0.239. The molecule has 1 aliphatic carbocycles. The van der Waals surface area contributed by atoms with E-state index in [2.05, 4.69) is 35.6 Å². The Morgan fingerprint density at radius 3 is 2.33 bits per heavy atom. The number of rotatable bonds is 9. The van der Waals surface area contributed by atoms with E-state index in [1.165, 1.54) is 58.2 Å². The molecule has 8 nitrogen and oxygen atoms in total. The van der Waals surface area contributed by atoms with Crippen LogP contribution in [-0.2, 0) is 18.9 Å². The lowest BCUT2D eigenvalue weighted by Crippen LogP contribution is -2.50. The first-order chi connectivity index (χ1) is 24.8. The number of aromatic amines is 1. The largest absolute Gasteiger partial charge is 0.494 e. The summed E-state index contributed by atoms with van der Waals surface area (Å²) in [6.45, 7) is 23.0. The monoisotopic (exact) mass is 707 g/mol. The Morgan fingerprint density at radius 2 is 1.75 bits per heavy atom. The van der Waals surface area contributed by atoms with Gasteiger partial charge in [-0.3, -0.25) is 4.98 Å². The van der Waals surface area contributed by atoms with E-state index in [4.69, 9.17) is 23.7 Å². The maximum absolute atomic E-state index is 15.0. The number of H-pyrrole nitrogens is 1. The lowest BCUT2D eigenvalue weighted by Gasteiger charge is -2.47. The van der Waals surface area contributed by atoms with Crippen molar-refractivity contribution in [3.63, 3.8) is 0 Å². The Morgan fingerprint density at radius 1 is 0.980 bits per heavy atom. The van der Waals surface area contributed by atoms with Crippen molar-refractivity contribution in [3.05, 3.63) is 64.1 Å². The molecule has 1 unspecified atom stereocenters. The van der Waals surface area contributed by atoms with Crippen molar-refractivity contribution < 1.29 is 28.1 Å². The third-order valence-corrected chi connectivity index (χ3v) is 10.5. The number of hydrogen-bond donors (Lipinski definition) is 1. The summed E-state index contributed by atoms with van der Waals surface area (Å²) in [5.74, 6) is 1.59. The minimum atomic E-state index is -0.400. The van der Waals surface area contributed by atoms with Crippen molar-refractivity contribution in [2.45, 2.75) is 93.4 Å². The smallest absolute Gasteiger partial charge is 0.175 e. The molecule has 7 rings (SSSR count). The minimum absolute atomic E-state index is 0.158. The van der Waals surface area contributed by atoms with Gasteiger partial charge in [-0.25, -0.2) is 4.39 Å². The fraction of sp³-hybridized carbons (Fsp3) is 0.595. The lowest BCUT2D eigenvalue weighted by molar-refractivity contribution is -0.139. The number of methoxy groups -OCH3 is 1. The number of piperidine rings is 1. The molecule has 3 saturated heterocycles. The number of nitrogens with one attached hydrogen (secondary N) is 1. The molecule has 282 valence electrons. The zero-order chi connectivity index (χ0) is 36.9. The topological polar surface area (TPSA) is 78.1 Å². The minimum Gasteiger partial charge on any atom is -0.494 e. The van der Waals surface area contributed by atoms with E-state index in [9.17, 15) is 4.39 Å². The highest BCUT2D eigenvalue weighted by Crippen LogP contribution is 2.38. The van der Waals surface area contributed by atoms with Crippen LogP contribution >= 0.6 is 0 Å². The molecular weight excluding hydrogens is 645 g/mol. The lowest BCUT2D eigenvalue weighted by atomic mass is 9.77. The van der Waals surface area contributed by atoms with Crippen molar-refractivity contribution in [3.8, 4) is 11.5 Å². The molecule has 9 heteroatoms. The number of nitrogens with zero attached hydrogens (tertiary/aromatic N) is 2. The standard InChI is InChI=1S/C22H21FN2O3.C9H17NO.C9H18O.C2H6/c1-4-27-19-7-5-16-14(12-21(19)26-3)18(9-10-24-16)28-20-8-6-17-15(22(20)23)11-13(2)25-17;1-2-10-5-3-9(4-6-10)7-11-8-9;1-3-5-9(4-2)6-7-10-8-9;1-2/h5-6,8-12,25H,4,7H2,1-3H3;2-8H2,1H3;3-8H2,1-2H3;1-2H3. The van der Waals surface area contributed by atoms with E-state index < -0.39 is 5.82 Å². The first kappa shape index (κ1) is 40.4. The Labute approximate surface area is 305 Å². The molecule has 1 spiro atoms. The average molecular weight is 708 g/mol. The predicted molar refractivity (Wildman–Crippen MR) is 205 cm³/mol. The zero-order valence-corrected chi connectivity index (χ0v) is 32.5. The Kier molecular flexibility index (Phi) is 15.4. The van der Waals surface area contributed by atoms with E-state index >= 15 is 0 Å². The summed E-state index contributed by atoms with van der Waals surface area (Å²) in [5, 5.41) is 1.96. The van der Waals surface area contributed by atoms with Crippen molar-refractivity contribution in [2.75, 3.05) is 59.8 Å². The number of fused-ring (bicyclic) bond motifs is 2. The summed E-state index contributed by atoms with van der Waals surface area (Å²) < 4.78 is 42.8. The molecule has 1 atom stereocenters. The van der Waals surface area contributed by atoms with Crippen LogP contribution in [0.3, 0.4) is 0 Å². The van der Waals surface area contributed by atoms with Crippen molar-refractivity contribution in [2.24, 2.45) is 10.8 Å². The van der Waals surface area contributed by atoms with Gasteiger partial charge in [0, 0.05) is 46.5 Å². The second-order valence-electron chi connectivity index (χ2n) is 13.8. The van der Waals surface area contributed by atoms with E-state index in [1.807, 2.05) is 45.9 Å². The second kappa shape index (κ2) is 19.4. The molecule has 51 heavy (non-hydrogen) atoms. The van der Waals surface area contributed by atoms with E-state index in [0.29, 0.717) is 40.8 Å². The van der Waals surface area contributed by atoms with E-state index in [0.717, 1.165) is 54.0 Å². The maximum atomic E-state index is 15.0. The molecule has 3 aromatic rings. The van der Waals surface area contributed by atoms with Crippen LogP contribution in [0.2, 0.25) is 0 Å². The van der Waals surface area contributed by atoms with E-state index in [-0.39, 0.29) is 5.75 Å². The van der Waals surface area contributed by atoms with Gasteiger partial charge in [-0.1, -0.05) is 47.1 Å². The summed E-state index contributed by atoms with van der Waals surface area (Å²) >= 11 is 0. The van der Waals surface area contributed by atoms with Gasteiger partial charge in [-0.15, -0.1) is 0 Å². The number of allylic oxidation sites excluding steroid dienone is 2. The molecule has 3 aliphatic heterocycles. The molecule has 0 saturated carbocycles. The van der Waals surface area contributed by atoms with Crippen LogP contribution in [0.4, 0.5) is 4.39 Å². The maximum Gasteiger partial charge on any atom is 0.175 e. The highest BCUT2D eigenvalue weighted by Gasteiger charge is 2.40. The third-order valence-electron chi connectivity index (χ3n) is 10.5. The van der Waals surface area contributed by atoms with Crippen LogP contribution in [0, 0.1) is 23.6 Å². The number of aromatic nitrogens is 2. The van der Waals surface area contributed by atoms with Crippen LogP contribution in [0.15, 0.2) is 42.0 Å². The number of aryl methyl sites for hydroxylation is 1. The summed E-state index contributed by atoms with van der Waals surface area (Å²) in [5.41, 5.74) is 2.81. The summed E-state index contributed by atoms with van der Waals surface area (Å²) in [4.78, 5) is 10.1. The second-order valence-corrected chi connectivity index (χ2v) is 13.8. The number of benzene rings is 1. The number of pyridine rings is 1. The number of ether oxygens (including phenoxy) is 5. The van der Waals surface area contributed by atoms with Crippen LogP contribution in [-0.4, -0.2) is 74.6 Å². The van der Waals surface area contributed by atoms with Crippen LogP contribution in [0.1, 0.15) is 92.2 Å². The summed E-state index contributed by atoms with van der Waals surface area (Å²) in [6.07, 6.45) is 13.9. The van der Waals surface area contributed by atoms with E-state index in [1.54, 1.807) is 31.5 Å². The normalized spacial score (nSPS) is 20.5. The Bertz CT molecular complexity index is 1680. The number of halogens is 1. The van der Waals surface area contributed by atoms with Gasteiger partial charge in [0.25, 0.3) is 0 Å². The summed E-state index contributed by atoms with van der Waals surface area (Å²) in [6, 6.07) is 6.92. The van der Waals surface area contributed by atoms with Gasteiger partial charge in [-0.05, 0) is 101 Å². The van der Waals surface area contributed by atoms with Gasteiger partial charge in [0.05, 0.1) is 38.9 Å². The molecule has 4 aliphatic rings. The molecule has 0 bridgehead atoms. The molecule has 5 heterocycles. The van der Waals surface area contributed by atoms with Crippen molar-refractivity contribution in [1.82, 2.24) is 14.9 Å². The highest BCUT2D eigenvalue weighted by atomic mass is 19.1. The average Bonchev–Trinajstić information content (AvgIpc) is 3.73. The molecule has 2 aromatic heterocycles. The Hall–Kier alpha value is -3.40. The van der Waals surface area contributed by atoms with Gasteiger partial charge in [0.15, 0.2) is 17.3 Å². The molecule has 0 amide bonds. The van der Waals surface area contributed by atoms with Gasteiger partial charge < -0.3 is 33.6 Å². The molecule has 1 aromatic carbocycles. The predicted octanol–water partition coefficient (Wildman–Crippen LogP) is 8.41. The fourth-order valence-electron chi connectivity index (χ4n) is 7.19. The van der Waals surface area contributed by atoms with Crippen molar-refractivity contribution in [1.29, 1.82) is 0 Å². The van der Waals surface area contributed by atoms with Gasteiger partial charge in [0.1, 0.15) is 11.5 Å². The van der Waals surface area contributed by atoms with Gasteiger partial charge in [-0.2, -0.15) is 0 Å². The summed E-state index contributed by atoms with van der Waals surface area (Å²) in [7, 11) is 1.59. The highest BCUT2D eigenvalue weighted by molar-refractivity contribution is 5.82. The first-order valence-electron chi connectivity index (χ1n) is 19.2. The number of likely N-dealkylation sites (tertiary alicyclic amines) is 1. The molecule has 1 N–H and O–H groups in total. The fourth-order valence-corrected chi connectivity index (χ4v) is 7.19. The zero-order valence-electron chi connectivity index (χ0n) is 32.5. The number of hydrogen-bond acceptors (Lipinski definition) is 7. The van der Waals surface area contributed by atoms with Crippen LogP contribution < -0.4 is 15.3 Å². The molecular formula is C42H62FN3O5. The van der Waals surface area contributed by atoms with Gasteiger partial charge in [0.2, 0.25) is 0 Å². The Balaban J connectivity index is 0.000000207. The van der Waals surface area contributed by atoms with Crippen molar-refractivity contribution >= 4 is 23.1 Å². The van der Waals surface area contributed by atoms with Crippen LogP contribution in [0.25, 0.3) is 23.1 Å². The van der Waals surface area contributed by atoms with Crippen LogP contribution in [0.5, 0.6) is 11.5 Å². The van der Waals surface area contributed by atoms with Gasteiger partial charge >= 0.3 is 0 Å². The third kappa shape index (κ3) is 10.1. The molecule has 0 radical (unpaired) electrons. The first-order valence-corrected chi connectivity index (χ1v) is 19.2. The molecule has 3 fully saturated rings. The SMILES string of the molecule is CC.CCCC1(CC)CCOC1.CCN1CCC2(CC1)COC2.CCOC1=C(OC)C=c2c(Oc3ccc4[nH]c(C)cc4c3F)ccnc2=CC1.